The second kappa shape index (κ2) is 7.30. The number of aryl methyl sites for hydroxylation is 1. The van der Waals surface area contributed by atoms with Crippen LogP contribution in [-0.2, 0) is 4.79 Å². The molecule has 1 aliphatic carbocycles. The second-order valence-electron chi connectivity index (χ2n) is 7.03. The Morgan fingerprint density at radius 3 is 2.83 bits per heavy atom. The van der Waals surface area contributed by atoms with Crippen molar-refractivity contribution in [3.05, 3.63) is 33.9 Å². The van der Waals surface area contributed by atoms with Gasteiger partial charge in [0, 0.05) is 18.2 Å². The van der Waals surface area contributed by atoms with Crippen molar-refractivity contribution in [3.8, 4) is 0 Å². The minimum atomic E-state index is -0.438. The fraction of sp³-hybridized carbons (Fsp3) is 0.611. The Morgan fingerprint density at radius 2 is 2.04 bits per heavy atom. The van der Waals surface area contributed by atoms with Crippen LogP contribution in [-0.4, -0.2) is 34.9 Å². The van der Waals surface area contributed by atoms with E-state index in [4.69, 9.17) is 0 Å². The van der Waals surface area contributed by atoms with Gasteiger partial charge in [0.15, 0.2) is 0 Å². The van der Waals surface area contributed by atoms with Crippen LogP contribution in [0.25, 0.3) is 0 Å². The Morgan fingerprint density at radius 1 is 1.29 bits per heavy atom. The molecule has 0 bridgehead atoms. The first-order valence-electron chi connectivity index (χ1n) is 8.83. The third-order valence-electron chi connectivity index (χ3n) is 5.41. The summed E-state index contributed by atoms with van der Waals surface area (Å²) in [6.45, 7) is 3.20. The third kappa shape index (κ3) is 3.75. The van der Waals surface area contributed by atoms with Crippen molar-refractivity contribution >= 4 is 17.3 Å². The number of nitrogens with zero attached hydrogens (tertiary/aromatic N) is 2. The molecule has 1 saturated heterocycles. The van der Waals surface area contributed by atoms with E-state index in [-0.39, 0.29) is 11.6 Å². The highest BCUT2D eigenvalue weighted by molar-refractivity contribution is 5.93. The van der Waals surface area contributed by atoms with E-state index in [1.807, 2.05) is 6.92 Å². The number of carbonyl (C=O) groups is 1. The first-order chi connectivity index (χ1) is 11.5. The molecule has 2 fully saturated rings. The monoisotopic (exact) mass is 331 g/mol. The molecule has 1 aromatic carbocycles. The number of amides is 1. The lowest BCUT2D eigenvalue weighted by molar-refractivity contribution is -0.384. The average Bonchev–Trinajstić information content (AvgIpc) is 2.57. The Balaban J connectivity index is 1.65. The van der Waals surface area contributed by atoms with E-state index in [0.717, 1.165) is 24.4 Å². The van der Waals surface area contributed by atoms with Gasteiger partial charge < -0.3 is 5.32 Å². The zero-order valence-corrected chi connectivity index (χ0v) is 14.2. The molecular formula is C18H25N3O3. The number of fused-ring (bicyclic) bond motifs is 1. The number of anilines is 1. The molecule has 1 aromatic rings. The van der Waals surface area contributed by atoms with Gasteiger partial charge in [-0.05, 0) is 50.6 Å². The molecule has 0 unspecified atom stereocenters. The molecule has 2 atom stereocenters. The van der Waals surface area contributed by atoms with Crippen LogP contribution >= 0.6 is 0 Å². The lowest BCUT2D eigenvalue weighted by atomic mass is 9.78. The van der Waals surface area contributed by atoms with Gasteiger partial charge in [0.25, 0.3) is 5.69 Å². The van der Waals surface area contributed by atoms with Crippen LogP contribution in [0, 0.1) is 23.0 Å². The zero-order valence-electron chi connectivity index (χ0n) is 14.2. The van der Waals surface area contributed by atoms with Gasteiger partial charge in [-0.2, -0.15) is 0 Å². The first kappa shape index (κ1) is 16.9. The molecule has 24 heavy (non-hydrogen) atoms. The normalized spacial score (nSPS) is 24.2. The molecule has 0 aromatic heterocycles. The number of benzene rings is 1. The SMILES string of the molecule is Cc1ccc([N+](=O)[O-])cc1NC(=O)CN1CCC[C@H]2CCCC[C@@H]21. The molecular weight excluding hydrogens is 306 g/mol. The molecule has 1 heterocycles. The van der Waals surface area contributed by atoms with E-state index in [1.165, 1.54) is 44.2 Å². The predicted molar refractivity (Wildman–Crippen MR) is 93.0 cm³/mol. The number of nitrogens with one attached hydrogen (secondary N) is 1. The molecule has 1 N–H and O–H groups in total. The van der Waals surface area contributed by atoms with E-state index in [1.54, 1.807) is 6.07 Å². The van der Waals surface area contributed by atoms with Gasteiger partial charge >= 0.3 is 0 Å². The van der Waals surface area contributed by atoms with E-state index < -0.39 is 4.92 Å². The Hall–Kier alpha value is -1.95. The Kier molecular flexibility index (Phi) is 5.14. The highest BCUT2D eigenvalue weighted by Gasteiger charge is 2.33. The quantitative estimate of drug-likeness (QED) is 0.677. The number of piperidine rings is 1. The highest BCUT2D eigenvalue weighted by atomic mass is 16.6. The number of nitro groups is 1. The maximum atomic E-state index is 12.5. The zero-order chi connectivity index (χ0) is 17.1. The second-order valence-corrected chi connectivity index (χ2v) is 7.03. The van der Waals surface area contributed by atoms with E-state index >= 15 is 0 Å². The van der Waals surface area contributed by atoms with Crippen LogP contribution in [0.1, 0.15) is 44.1 Å². The molecule has 6 nitrogen and oxygen atoms in total. The van der Waals surface area contributed by atoms with Crippen molar-refractivity contribution < 1.29 is 9.72 Å². The van der Waals surface area contributed by atoms with Gasteiger partial charge in [0.05, 0.1) is 17.2 Å². The highest BCUT2D eigenvalue weighted by Crippen LogP contribution is 2.35. The topological polar surface area (TPSA) is 75.5 Å². The summed E-state index contributed by atoms with van der Waals surface area (Å²) in [6, 6.07) is 5.10. The Bertz CT molecular complexity index is 630. The maximum Gasteiger partial charge on any atom is 0.271 e. The molecule has 6 heteroatoms. The molecule has 3 rings (SSSR count). The third-order valence-corrected chi connectivity index (χ3v) is 5.41. The van der Waals surface area contributed by atoms with Crippen molar-refractivity contribution in [1.82, 2.24) is 4.90 Å². The van der Waals surface area contributed by atoms with Crippen LogP contribution in [0.15, 0.2) is 18.2 Å². The van der Waals surface area contributed by atoms with E-state index in [9.17, 15) is 14.9 Å². The number of likely N-dealkylation sites (tertiary alicyclic amines) is 1. The number of hydrogen-bond acceptors (Lipinski definition) is 4. The standard InChI is InChI=1S/C18H25N3O3/c1-13-8-9-15(21(23)24)11-16(13)19-18(22)12-20-10-4-6-14-5-2-3-7-17(14)20/h8-9,11,14,17H,2-7,10,12H2,1H3,(H,19,22)/t14-,17+/m1/s1. The van der Waals surface area contributed by atoms with Crippen molar-refractivity contribution in [2.75, 3.05) is 18.4 Å². The molecule has 0 spiro atoms. The van der Waals surface area contributed by atoms with Gasteiger partial charge in [0.2, 0.25) is 5.91 Å². The van der Waals surface area contributed by atoms with Crippen molar-refractivity contribution in [2.24, 2.45) is 5.92 Å². The van der Waals surface area contributed by atoms with Crippen LogP contribution < -0.4 is 5.32 Å². The van der Waals surface area contributed by atoms with Gasteiger partial charge in [-0.15, -0.1) is 0 Å². The molecule has 1 aliphatic heterocycles. The molecule has 1 amide bonds. The molecule has 130 valence electrons. The van der Waals surface area contributed by atoms with Crippen molar-refractivity contribution in [2.45, 2.75) is 51.5 Å². The first-order valence-corrected chi connectivity index (χ1v) is 8.83. The van der Waals surface area contributed by atoms with Crippen LogP contribution in [0.2, 0.25) is 0 Å². The number of rotatable bonds is 4. The summed E-state index contributed by atoms with van der Waals surface area (Å²) in [5, 5.41) is 13.8. The van der Waals surface area contributed by atoms with Gasteiger partial charge in [-0.3, -0.25) is 19.8 Å². The molecule has 1 saturated carbocycles. The summed E-state index contributed by atoms with van der Waals surface area (Å²) in [6.07, 6.45) is 7.48. The lowest BCUT2D eigenvalue weighted by Crippen LogP contribution is -2.49. The predicted octanol–water partition coefficient (Wildman–Crippen LogP) is 3.50. The fourth-order valence-corrected chi connectivity index (χ4v) is 4.16. The average molecular weight is 331 g/mol. The minimum Gasteiger partial charge on any atom is -0.324 e. The van der Waals surface area contributed by atoms with Gasteiger partial charge in [0.1, 0.15) is 0 Å². The smallest absolute Gasteiger partial charge is 0.271 e. The fourth-order valence-electron chi connectivity index (χ4n) is 4.16. The largest absolute Gasteiger partial charge is 0.324 e. The van der Waals surface area contributed by atoms with Gasteiger partial charge in [-0.1, -0.05) is 18.9 Å². The number of nitro benzene ring substituents is 1. The lowest BCUT2D eigenvalue weighted by Gasteiger charge is -2.43. The summed E-state index contributed by atoms with van der Waals surface area (Å²) in [7, 11) is 0. The van der Waals surface area contributed by atoms with Crippen LogP contribution in [0.3, 0.4) is 0 Å². The maximum absolute atomic E-state index is 12.5. The number of carbonyl (C=O) groups excluding carboxylic acids is 1. The summed E-state index contributed by atoms with van der Waals surface area (Å²) < 4.78 is 0. The van der Waals surface area contributed by atoms with E-state index in [2.05, 4.69) is 10.2 Å². The number of hydrogen-bond donors (Lipinski definition) is 1. The Labute approximate surface area is 142 Å². The minimum absolute atomic E-state index is 0.00113. The van der Waals surface area contributed by atoms with Crippen molar-refractivity contribution in [3.63, 3.8) is 0 Å². The van der Waals surface area contributed by atoms with Crippen molar-refractivity contribution in [1.29, 1.82) is 0 Å². The molecule has 0 radical (unpaired) electrons. The molecule has 2 aliphatic rings. The van der Waals surface area contributed by atoms with Gasteiger partial charge in [-0.25, -0.2) is 0 Å². The summed E-state index contributed by atoms with van der Waals surface area (Å²) in [5.41, 5.74) is 1.37. The van der Waals surface area contributed by atoms with E-state index in [0.29, 0.717) is 18.3 Å². The van der Waals surface area contributed by atoms with Crippen LogP contribution in [0.4, 0.5) is 11.4 Å². The summed E-state index contributed by atoms with van der Waals surface area (Å²) >= 11 is 0. The van der Waals surface area contributed by atoms with Crippen LogP contribution in [0.5, 0.6) is 0 Å². The summed E-state index contributed by atoms with van der Waals surface area (Å²) in [4.78, 5) is 25.3. The summed E-state index contributed by atoms with van der Waals surface area (Å²) in [5.74, 6) is 0.657. The number of non-ortho nitro benzene ring substituents is 1.